The highest BCUT2D eigenvalue weighted by atomic mass is 35.5. The zero-order valence-corrected chi connectivity index (χ0v) is 9.37. The average molecular weight is 228 g/mol. The molecule has 4 nitrogen and oxygen atoms in total. The lowest BCUT2D eigenvalue weighted by molar-refractivity contribution is 0.00292. The van der Waals surface area contributed by atoms with Crippen LogP contribution < -0.4 is 5.32 Å². The molecule has 0 saturated heterocycles. The zero-order chi connectivity index (χ0) is 10.7. The molecule has 1 saturated carbocycles. The van der Waals surface area contributed by atoms with E-state index in [2.05, 4.69) is 15.3 Å². The van der Waals surface area contributed by atoms with E-state index in [4.69, 9.17) is 16.3 Å². The predicted molar refractivity (Wildman–Crippen MR) is 59.1 cm³/mol. The maximum atomic E-state index is 5.75. The second-order valence-corrected chi connectivity index (χ2v) is 4.00. The van der Waals surface area contributed by atoms with Crippen molar-refractivity contribution in [3.8, 4) is 0 Å². The summed E-state index contributed by atoms with van der Waals surface area (Å²) in [4.78, 5) is 7.91. The van der Waals surface area contributed by atoms with E-state index in [1.54, 1.807) is 6.07 Å². The highest BCUT2D eigenvalue weighted by Crippen LogP contribution is 2.26. The molecule has 0 bridgehead atoms. The Morgan fingerprint density at radius 1 is 1.53 bits per heavy atom. The number of anilines is 1. The van der Waals surface area contributed by atoms with Gasteiger partial charge in [-0.15, -0.1) is 0 Å². The molecule has 1 aliphatic carbocycles. The molecule has 0 aromatic carbocycles. The molecule has 1 aromatic rings. The topological polar surface area (TPSA) is 47.0 Å². The summed E-state index contributed by atoms with van der Waals surface area (Å²) in [5.74, 6) is 0.787. The third-order valence-electron chi connectivity index (χ3n) is 2.48. The molecule has 1 N–H and O–H groups in total. The first-order chi connectivity index (χ1) is 7.28. The molecule has 1 aromatic heterocycles. The van der Waals surface area contributed by atoms with Gasteiger partial charge in [0.1, 0.15) is 17.3 Å². The highest BCUT2D eigenvalue weighted by molar-refractivity contribution is 6.29. The molecule has 0 unspecified atom stereocenters. The van der Waals surface area contributed by atoms with Crippen LogP contribution in [0.2, 0.25) is 5.15 Å². The first kappa shape index (κ1) is 10.6. The summed E-state index contributed by atoms with van der Waals surface area (Å²) < 4.78 is 5.47. The Kier molecular flexibility index (Phi) is 3.38. The minimum absolute atomic E-state index is 0.407. The fraction of sp³-hybridized carbons (Fsp3) is 0.600. The van der Waals surface area contributed by atoms with Crippen LogP contribution in [-0.2, 0) is 4.74 Å². The van der Waals surface area contributed by atoms with E-state index in [9.17, 15) is 0 Å². The van der Waals surface area contributed by atoms with Gasteiger partial charge >= 0.3 is 0 Å². The SMILES string of the molecule is CCOC1CC(Nc2cc(Cl)ncn2)C1. The molecule has 0 radical (unpaired) electrons. The van der Waals surface area contributed by atoms with Crippen LogP contribution in [0.25, 0.3) is 0 Å². The Morgan fingerprint density at radius 3 is 3.00 bits per heavy atom. The monoisotopic (exact) mass is 227 g/mol. The summed E-state index contributed by atoms with van der Waals surface area (Å²) in [6, 6.07) is 2.18. The number of nitrogens with zero attached hydrogens (tertiary/aromatic N) is 2. The van der Waals surface area contributed by atoms with Crippen LogP contribution in [0.3, 0.4) is 0 Å². The number of halogens is 1. The van der Waals surface area contributed by atoms with Gasteiger partial charge in [0.05, 0.1) is 6.10 Å². The van der Waals surface area contributed by atoms with E-state index in [1.165, 1.54) is 6.33 Å². The molecule has 1 aliphatic rings. The summed E-state index contributed by atoms with van der Waals surface area (Å²) in [6.07, 6.45) is 3.94. The third kappa shape index (κ3) is 2.79. The minimum atomic E-state index is 0.407. The van der Waals surface area contributed by atoms with Crippen LogP contribution in [0.4, 0.5) is 5.82 Å². The van der Waals surface area contributed by atoms with Crippen molar-refractivity contribution >= 4 is 17.4 Å². The summed E-state index contributed by atoms with van der Waals surface area (Å²) in [6.45, 7) is 2.81. The molecule has 2 rings (SSSR count). The van der Waals surface area contributed by atoms with Crippen LogP contribution in [0, 0.1) is 0 Å². The Morgan fingerprint density at radius 2 is 2.33 bits per heavy atom. The number of nitrogens with one attached hydrogen (secondary N) is 1. The molecular weight excluding hydrogens is 214 g/mol. The van der Waals surface area contributed by atoms with Gasteiger partial charge < -0.3 is 10.1 Å². The van der Waals surface area contributed by atoms with Gasteiger partial charge in [-0.1, -0.05) is 11.6 Å². The number of ether oxygens (including phenoxy) is 1. The van der Waals surface area contributed by atoms with E-state index in [-0.39, 0.29) is 0 Å². The second kappa shape index (κ2) is 4.77. The first-order valence-corrected chi connectivity index (χ1v) is 5.51. The maximum absolute atomic E-state index is 5.75. The van der Waals surface area contributed by atoms with Crippen molar-refractivity contribution < 1.29 is 4.74 Å². The second-order valence-electron chi connectivity index (χ2n) is 3.62. The van der Waals surface area contributed by atoms with E-state index < -0.39 is 0 Å². The number of rotatable bonds is 4. The van der Waals surface area contributed by atoms with E-state index in [0.717, 1.165) is 25.3 Å². The quantitative estimate of drug-likeness (QED) is 0.801. The van der Waals surface area contributed by atoms with Gasteiger partial charge in [-0.3, -0.25) is 0 Å². The van der Waals surface area contributed by atoms with Crippen LogP contribution in [-0.4, -0.2) is 28.7 Å². The van der Waals surface area contributed by atoms with Gasteiger partial charge in [-0.05, 0) is 19.8 Å². The fourth-order valence-electron chi connectivity index (χ4n) is 1.68. The molecule has 0 aliphatic heterocycles. The molecule has 82 valence electrons. The average Bonchev–Trinajstić information content (AvgIpc) is 2.15. The van der Waals surface area contributed by atoms with Gasteiger partial charge in [-0.2, -0.15) is 0 Å². The molecule has 1 fully saturated rings. The van der Waals surface area contributed by atoms with Crippen LogP contribution in [0.15, 0.2) is 12.4 Å². The Bertz CT molecular complexity index is 328. The maximum Gasteiger partial charge on any atom is 0.134 e. The van der Waals surface area contributed by atoms with Crippen LogP contribution in [0.5, 0.6) is 0 Å². The minimum Gasteiger partial charge on any atom is -0.378 e. The van der Waals surface area contributed by atoms with Crippen molar-refractivity contribution in [3.63, 3.8) is 0 Å². The highest BCUT2D eigenvalue weighted by Gasteiger charge is 2.29. The summed E-state index contributed by atoms with van der Waals surface area (Å²) in [7, 11) is 0. The number of hydrogen-bond acceptors (Lipinski definition) is 4. The standard InChI is InChI=1S/C10H14ClN3O/c1-2-15-8-3-7(4-8)14-10-5-9(11)12-6-13-10/h5-8H,2-4H2,1H3,(H,12,13,14). The third-order valence-corrected chi connectivity index (χ3v) is 2.69. The first-order valence-electron chi connectivity index (χ1n) is 5.13. The van der Waals surface area contributed by atoms with Gasteiger partial charge in [0.25, 0.3) is 0 Å². The van der Waals surface area contributed by atoms with Crippen molar-refractivity contribution in [1.29, 1.82) is 0 Å². The normalized spacial score (nSPS) is 24.7. The lowest BCUT2D eigenvalue weighted by Crippen LogP contribution is -2.41. The van der Waals surface area contributed by atoms with E-state index in [1.807, 2.05) is 6.92 Å². The van der Waals surface area contributed by atoms with Gasteiger partial charge in [-0.25, -0.2) is 9.97 Å². The van der Waals surface area contributed by atoms with E-state index >= 15 is 0 Å². The van der Waals surface area contributed by atoms with Crippen LogP contribution in [0.1, 0.15) is 19.8 Å². The summed E-state index contributed by atoms with van der Waals surface area (Å²) >= 11 is 5.75. The zero-order valence-electron chi connectivity index (χ0n) is 8.61. The Labute approximate surface area is 94.0 Å². The fourth-order valence-corrected chi connectivity index (χ4v) is 1.82. The molecule has 1 heterocycles. The molecule has 0 atom stereocenters. The van der Waals surface area contributed by atoms with Gasteiger partial charge in [0.15, 0.2) is 0 Å². The lowest BCUT2D eigenvalue weighted by Gasteiger charge is -2.35. The smallest absolute Gasteiger partial charge is 0.134 e. The molecule has 5 heteroatoms. The van der Waals surface area contributed by atoms with E-state index in [0.29, 0.717) is 17.3 Å². The van der Waals surface area contributed by atoms with Crippen molar-refractivity contribution in [2.75, 3.05) is 11.9 Å². The van der Waals surface area contributed by atoms with Crippen molar-refractivity contribution in [3.05, 3.63) is 17.5 Å². The lowest BCUT2D eigenvalue weighted by atomic mass is 9.89. The molecule has 0 spiro atoms. The Balaban J connectivity index is 1.80. The predicted octanol–water partition coefficient (Wildman–Crippen LogP) is 2.11. The molecule has 15 heavy (non-hydrogen) atoms. The number of aromatic nitrogens is 2. The molecule has 0 amide bonds. The van der Waals surface area contributed by atoms with Gasteiger partial charge in [0, 0.05) is 18.7 Å². The summed E-state index contributed by atoms with van der Waals surface area (Å²) in [5, 5.41) is 3.76. The van der Waals surface area contributed by atoms with Crippen molar-refractivity contribution in [2.24, 2.45) is 0 Å². The van der Waals surface area contributed by atoms with Crippen LogP contribution >= 0.6 is 11.6 Å². The summed E-state index contributed by atoms with van der Waals surface area (Å²) in [5.41, 5.74) is 0. The van der Waals surface area contributed by atoms with Gasteiger partial charge in [0.2, 0.25) is 0 Å². The molecular formula is C10H14ClN3O. The largest absolute Gasteiger partial charge is 0.378 e. The van der Waals surface area contributed by atoms with Crippen molar-refractivity contribution in [1.82, 2.24) is 9.97 Å². The Hall–Kier alpha value is -0.870. The van der Waals surface area contributed by atoms with Crippen molar-refractivity contribution in [2.45, 2.75) is 31.9 Å². The number of hydrogen-bond donors (Lipinski definition) is 1.